The average molecular weight is 426 g/mol. The third kappa shape index (κ3) is 4.55. The number of hydrogen-bond acceptors (Lipinski definition) is 8. The fourth-order valence-corrected chi connectivity index (χ4v) is 3.13. The molecule has 3 N–H and O–H groups in total. The number of ketones is 1. The average Bonchev–Trinajstić information content (AvgIpc) is 3.18. The van der Waals surface area contributed by atoms with Crippen molar-refractivity contribution in [3.05, 3.63) is 70.5 Å². The number of hydrogen-bond donors (Lipinski definition) is 2. The highest BCUT2D eigenvalue weighted by Gasteiger charge is 2.27. The van der Waals surface area contributed by atoms with Gasteiger partial charge in [0.25, 0.3) is 0 Å². The lowest BCUT2D eigenvalue weighted by molar-refractivity contribution is -0.105. The van der Waals surface area contributed by atoms with E-state index in [1.54, 1.807) is 43.5 Å². The van der Waals surface area contributed by atoms with Gasteiger partial charge >= 0.3 is 5.97 Å². The first-order valence-corrected chi connectivity index (χ1v) is 9.19. The number of nitrogens with zero attached hydrogens (tertiary/aromatic N) is 3. The van der Waals surface area contributed by atoms with E-state index in [0.29, 0.717) is 11.3 Å². The number of methoxy groups -OCH3 is 3. The molecule has 3 aromatic rings. The topological polar surface area (TPSA) is 139 Å². The summed E-state index contributed by atoms with van der Waals surface area (Å²) in [6.45, 7) is 0.138. The van der Waals surface area contributed by atoms with Gasteiger partial charge in [-0.25, -0.2) is 9.48 Å². The van der Waals surface area contributed by atoms with Crippen LogP contribution in [0.2, 0.25) is 0 Å². The number of ether oxygens (including phenoxy) is 3. The quantitative estimate of drug-likeness (QED) is 0.299. The zero-order valence-electron chi connectivity index (χ0n) is 17.2. The van der Waals surface area contributed by atoms with Gasteiger partial charge in [-0.15, -0.1) is 5.10 Å². The van der Waals surface area contributed by atoms with Crippen LogP contribution in [0, 0.1) is 0 Å². The number of carbonyl (C=O) groups is 2. The lowest BCUT2D eigenvalue weighted by atomic mass is 10.0. The van der Waals surface area contributed by atoms with Gasteiger partial charge < -0.3 is 25.1 Å². The summed E-state index contributed by atoms with van der Waals surface area (Å²) in [5, 5.41) is 17.1. The van der Waals surface area contributed by atoms with Crippen LogP contribution in [0.4, 0.5) is 5.69 Å². The first kappa shape index (κ1) is 21.9. The van der Waals surface area contributed by atoms with Crippen LogP contribution in [0.1, 0.15) is 44.0 Å². The fourth-order valence-electron chi connectivity index (χ4n) is 3.13. The van der Waals surface area contributed by atoms with E-state index in [2.05, 4.69) is 10.3 Å². The van der Waals surface area contributed by atoms with Crippen LogP contribution < -0.4 is 10.5 Å². The number of benzene rings is 2. The SMILES string of the molecule is COc1ccc(Cn2nnc(C(=O)O)c2C(=O)c2ccc(C(OC)OC)cc2N)cc1. The number of aromatic nitrogens is 3. The summed E-state index contributed by atoms with van der Waals surface area (Å²) < 4.78 is 16.8. The van der Waals surface area contributed by atoms with E-state index in [1.807, 2.05) is 0 Å². The Labute approximate surface area is 178 Å². The van der Waals surface area contributed by atoms with Crippen LogP contribution >= 0.6 is 0 Å². The molecule has 0 saturated heterocycles. The predicted octanol–water partition coefficient (Wildman–Crippen LogP) is 2.14. The van der Waals surface area contributed by atoms with Crippen molar-refractivity contribution in [2.75, 3.05) is 27.1 Å². The van der Waals surface area contributed by atoms with Crippen molar-refractivity contribution in [3.8, 4) is 5.75 Å². The lowest BCUT2D eigenvalue weighted by Crippen LogP contribution is -2.17. The second-order valence-electron chi connectivity index (χ2n) is 6.58. The van der Waals surface area contributed by atoms with Crippen LogP contribution in [0.25, 0.3) is 0 Å². The number of anilines is 1. The zero-order chi connectivity index (χ0) is 22.5. The molecule has 162 valence electrons. The van der Waals surface area contributed by atoms with E-state index in [9.17, 15) is 14.7 Å². The summed E-state index contributed by atoms with van der Waals surface area (Å²) in [6, 6.07) is 11.7. The van der Waals surface area contributed by atoms with Crippen LogP contribution in [-0.2, 0) is 16.0 Å². The molecule has 0 spiro atoms. The number of rotatable bonds is 9. The van der Waals surface area contributed by atoms with Crippen molar-refractivity contribution in [2.45, 2.75) is 12.8 Å². The van der Waals surface area contributed by atoms with Gasteiger partial charge in [-0.05, 0) is 29.8 Å². The normalized spacial score (nSPS) is 11.0. The van der Waals surface area contributed by atoms with Crippen LogP contribution in [0.5, 0.6) is 5.75 Å². The zero-order valence-corrected chi connectivity index (χ0v) is 17.2. The monoisotopic (exact) mass is 426 g/mol. The molecular formula is C21H22N4O6. The van der Waals surface area contributed by atoms with Gasteiger partial charge in [-0.2, -0.15) is 0 Å². The van der Waals surface area contributed by atoms with Crippen molar-refractivity contribution < 1.29 is 28.9 Å². The van der Waals surface area contributed by atoms with Gasteiger partial charge in [-0.1, -0.05) is 23.4 Å². The van der Waals surface area contributed by atoms with E-state index in [1.165, 1.54) is 25.0 Å². The van der Waals surface area contributed by atoms with E-state index < -0.39 is 23.7 Å². The number of nitrogen functional groups attached to an aromatic ring is 1. The Morgan fingerprint density at radius 2 is 1.77 bits per heavy atom. The Kier molecular flexibility index (Phi) is 6.63. The summed E-state index contributed by atoms with van der Waals surface area (Å²) in [6.07, 6.45) is -0.650. The minimum atomic E-state index is -1.36. The maximum absolute atomic E-state index is 13.3. The molecule has 31 heavy (non-hydrogen) atoms. The van der Waals surface area contributed by atoms with Gasteiger partial charge in [-0.3, -0.25) is 4.79 Å². The molecule has 0 amide bonds. The minimum Gasteiger partial charge on any atom is -0.497 e. The highest BCUT2D eigenvalue weighted by Crippen LogP contribution is 2.25. The maximum atomic E-state index is 13.3. The predicted molar refractivity (Wildman–Crippen MR) is 110 cm³/mol. The van der Waals surface area contributed by atoms with Gasteiger partial charge in [0.2, 0.25) is 11.5 Å². The number of carboxylic acid groups (broad SMARTS) is 1. The molecule has 0 aliphatic heterocycles. The van der Waals surface area contributed by atoms with Crippen molar-refractivity contribution in [3.63, 3.8) is 0 Å². The van der Waals surface area contributed by atoms with Gasteiger partial charge in [0, 0.05) is 31.0 Å². The number of nitrogens with two attached hydrogens (primary N) is 1. The van der Waals surface area contributed by atoms with Crippen molar-refractivity contribution in [1.29, 1.82) is 0 Å². The molecule has 0 atom stereocenters. The molecule has 0 bridgehead atoms. The standard InChI is InChI=1S/C21H22N4O6/c1-29-14-7-4-12(5-8-14)11-25-18(17(20(27)28)23-24-25)19(26)15-9-6-13(10-16(15)22)21(30-2)31-3/h4-10,21H,11,22H2,1-3H3,(H,27,28). The molecule has 3 rings (SSSR count). The molecule has 2 aromatic carbocycles. The van der Waals surface area contributed by atoms with Crippen molar-refractivity contribution >= 4 is 17.4 Å². The summed E-state index contributed by atoms with van der Waals surface area (Å²) in [5.74, 6) is -1.30. The van der Waals surface area contributed by atoms with E-state index in [-0.39, 0.29) is 23.5 Å². The van der Waals surface area contributed by atoms with Crippen LogP contribution in [0.3, 0.4) is 0 Å². The Hall–Kier alpha value is -3.76. The third-order valence-corrected chi connectivity index (χ3v) is 4.66. The lowest BCUT2D eigenvalue weighted by Gasteiger charge is -2.15. The van der Waals surface area contributed by atoms with Gasteiger partial charge in [0.1, 0.15) is 11.4 Å². The smallest absolute Gasteiger partial charge is 0.358 e. The highest BCUT2D eigenvalue weighted by molar-refractivity contribution is 6.14. The summed E-state index contributed by atoms with van der Waals surface area (Å²) in [5.41, 5.74) is 7.14. The molecule has 0 aliphatic rings. The first-order valence-electron chi connectivity index (χ1n) is 9.19. The molecule has 1 heterocycles. The Morgan fingerprint density at radius 3 is 2.32 bits per heavy atom. The third-order valence-electron chi connectivity index (χ3n) is 4.66. The van der Waals surface area contributed by atoms with Gasteiger partial charge in [0.15, 0.2) is 6.29 Å². The second-order valence-corrected chi connectivity index (χ2v) is 6.58. The molecule has 0 unspecified atom stereocenters. The van der Waals surface area contributed by atoms with Crippen LogP contribution in [0.15, 0.2) is 42.5 Å². The largest absolute Gasteiger partial charge is 0.497 e. The van der Waals surface area contributed by atoms with Crippen molar-refractivity contribution in [1.82, 2.24) is 15.0 Å². The van der Waals surface area contributed by atoms with E-state index >= 15 is 0 Å². The molecule has 10 nitrogen and oxygen atoms in total. The highest BCUT2D eigenvalue weighted by atomic mass is 16.7. The molecule has 0 radical (unpaired) electrons. The molecule has 0 saturated carbocycles. The first-order chi connectivity index (χ1) is 14.9. The Morgan fingerprint density at radius 1 is 1.10 bits per heavy atom. The Bertz CT molecular complexity index is 1090. The Balaban J connectivity index is 1.99. The summed E-state index contributed by atoms with van der Waals surface area (Å²) >= 11 is 0. The fraction of sp³-hybridized carbons (Fsp3) is 0.238. The van der Waals surface area contributed by atoms with Crippen LogP contribution in [-0.4, -0.2) is 53.2 Å². The number of carboxylic acids is 1. The maximum Gasteiger partial charge on any atom is 0.358 e. The molecule has 0 fully saturated rings. The summed E-state index contributed by atoms with van der Waals surface area (Å²) in [4.78, 5) is 24.9. The number of aromatic carboxylic acids is 1. The number of carbonyl (C=O) groups excluding carboxylic acids is 1. The minimum absolute atomic E-state index is 0.121. The summed E-state index contributed by atoms with van der Waals surface area (Å²) in [7, 11) is 4.51. The van der Waals surface area contributed by atoms with E-state index in [0.717, 1.165) is 5.56 Å². The second kappa shape index (κ2) is 9.37. The van der Waals surface area contributed by atoms with E-state index in [4.69, 9.17) is 19.9 Å². The molecule has 1 aromatic heterocycles. The van der Waals surface area contributed by atoms with Crippen molar-refractivity contribution in [2.24, 2.45) is 0 Å². The molecular weight excluding hydrogens is 404 g/mol. The van der Waals surface area contributed by atoms with Gasteiger partial charge in [0.05, 0.1) is 13.7 Å². The molecule has 10 heteroatoms. The molecule has 0 aliphatic carbocycles.